The smallest absolute Gasteiger partial charge is 0.356 e. The van der Waals surface area contributed by atoms with Crippen LogP contribution in [0.3, 0.4) is 0 Å². The molecule has 6 nitrogen and oxygen atoms in total. The molecular formula is C11H17N3O3. The average Bonchev–Trinajstić information content (AvgIpc) is 2.35. The first-order valence-corrected chi connectivity index (χ1v) is 5.57. The molecule has 0 aliphatic carbocycles. The van der Waals surface area contributed by atoms with E-state index in [0.29, 0.717) is 12.5 Å². The Kier molecular flexibility index (Phi) is 5.35. The molecule has 1 rings (SSSR count). The molecule has 6 heteroatoms. The molecule has 0 radical (unpaired) electrons. The molecule has 0 aliphatic rings. The summed E-state index contributed by atoms with van der Waals surface area (Å²) in [5.41, 5.74) is -0.0823. The number of carboxylic acids is 1. The number of carbonyl (C=O) groups is 1. The summed E-state index contributed by atoms with van der Waals surface area (Å²) in [6.45, 7) is 7.46. The zero-order valence-corrected chi connectivity index (χ0v) is 10.1. The molecule has 17 heavy (non-hydrogen) atoms. The Labute approximate surface area is 100 Å². The van der Waals surface area contributed by atoms with Crippen molar-refractivity contribution in [3.05, 3.63) is 18.1 Å². The molecular weight excluding hydrogens is 222 g/mol. The summed E-state index contributed by atoms with van der Waals surface area (Å²) in [7, 11) is 0. The van der Waals surface area contributed by atoms with Gasteiger partial charge in [0.2, 0.25) is 5.88 Å². The lowest BCUT2D eigenvalue weighted by molar-refractivity contribution is 0.0689. The van der Waals surface area contributed by atoms with Gasteiger partial charge in [-0.15, -0.1) is 0 Å². The minimum absolute atomic E-state index is 0.0823. The summed E-state index contributed by atoms with van der Waals surface area (Å²) in [6, 6.07) is 0. The molecule has 0 amide bonds. The van der Waals surface area contributed by atoms with Gasteiger partial charge in [0.15, 0.2) is 5.69 Å². The van der Waals surface area contributed by atoms with E-state index in [1.54, 1.807) is 0 Å². The second kappa shape index (κ2) is 6.80. The van der Waals surface area contributed by atoms with Crippen LogP contribution in [0, 0.1) is 0 Å². The van der Waals surface area contributed by atoms with E-state index in [2.05, 4.69) is 28.7 Å². The third-order valence-electron chi connectivity index (χ3n) is 2.40. The molecule has 0 saturated heterocycles. The van der Waals surface area contributed by atoms with Crippen molar-refractivity contribution in [2.75, 3.05) is 26.2 Å². The monoisotopic (exact) mass is 239 g/mol. The molecule has 0 bridgehead atoms. The summed E-state index contributed by atoms with van der Waals surface area (Å²) in [4.78, 5) is 20.3. The second-order valence-corrected chi connectivity index (χ2v) is 3.42. The summed E-state index contributed by atoms with van der Waals surface area (Å²) in [6.07, 6.45) is 2.51. The fourth-order valence-electron chi connectivity index (χ4n) is 1.32. The molecule has 94 valence electrons. The third kappa shape index (κ3) is 4.36. The minimum atomic E-state index is -1.09. The largest absolute Gasteiger partial charge is 0.476 e. The highest BCUT2D eigenvalue weighted by atomic mass is 16.5. The van der Waals surface area contributed by atoms with E-state index < -0.39 is 5.97 Å². The predicted molar refractivity (Wildman–Crippen MR) is 62.3 cm³/mol. The highest BCUT2D eigenvalue weighted by molar-refractivity contribution is 5.84. The number of ether oxygens (including phenoxy) is 1. The standard InChI is InChI=1S/C11H17N3O3/c1-3-14(4-2)5-6-17-10-8-12-9(7-13-10)11(15)16/h7-8H,3-6H2,1-2H3,(H,15,16). The minimum Gasteiger partial charge on any atom is -0.476 e. The lowest BCUT2D eigenvalue weighted by Crippen LogP contribution is -2.28. The highest BCUT2D eigenvalue weighted by Crippen LogP contribution is 2.04. The first-order valence-electron chi connectivity index (χ1n) is 5.57. The number of nitrogens with zero attached hydrogens (tertiary/aromatic N) is 3. The van der Waals surface area contributed by atoms with Crippen LogP contribution in [-0.4, -0.2) is 52.2 Å². The van der Waals surface area contributed by atoms with Crippen molar-refractivity contribution in [3.8, 4) is 5.88 Å². The fraction of sp³-hybridized carbons (Fsp3) is 0.545. The van der Waals surface area contributed by atoms with Crippen LogP contribution in [0.5, 0.6) is 5.88 Å². The van der Waals surface area contributed by atoms with Gasteiger partial charge in [0.25, 0.3) is 0 Å². The summed E-state index contributed by atoms with van der Waals surface area (Å²) in [5, 5.41) is 8.64. The average molecular weight is 239 g/mol. The van der Waals surface area contributed by atoms with Crippen molar-refractivity contribution in [1.29, 1.82) is 0 Å². The first kappa shape index (κ1) is 13.4. The van der Waals surface area contributed by atoms with E-state index in [-0.39, 0.29) is 5.69 Å². The van der Waals surface area contributed by atoms with Gasteiger partial charge in [0, 0.05) is 6.54 Å². The molecule has 0 spiro atoms. The summed E-state index contributed by atoms with van der Waals surface area (Å²) in [5.74, 6) is -0.741. The topological polar surface area (TPSA) is 75.5 Å². The number of rotatable bonds is 7. The molecule has 1 aromatic rings. The van der Waals surface area contributed by atoms with Gasteiger partial charge in [-0.05, 0) is 13.1 Å². The number of aromatic carboxylic acids is 1. The molecule has 1 aromatic heterocycles. The van der Waals surface area contributed by atoms with E-state index in [1.807, 2.05) is 0 Å². The fourth-order valence-corrected chi connectivity index (χ4v) is 1.32. The third-order valence-corrected chi connectivity index (χ3v) is 2.40. The first-order chi connectivity index (χ1) is 8.17. The number of hydrogen-bond acceptors (Lipinski definition) is 5. The lowest BCUT2D eigenvalue weighted by atomic mass is 10.4. The van der Waals surface area contributed by atoms with Gasteiger partial charge in [0.05, 0.1) is 12.4 Å². The van der Waals surface area contributed by atoms with Gasteiger partial charge >= 0.3 is 5.97 Å². The van der Waals surface area contributed by atoms with Gasteiger partial charge in [-0.25, -0.2) is 14.8 Å². The van der Waals surface area contributed by atoms with Crippen LogP contribution in [0.4, 0.5) is 0 Å². The maximum absolute atomic E-state index is 10.5. The molecule has 0 aromatic carbocycles. The van der Waals surface area contributed by atoms with Crippen LogP contribution in [0.1, 0.15) is 24.3 Å². The quantitative estimate of drug-likeness (QED) is 0.761. The van der Waals surface area contributed by atoms with E-state index in [1.165, 1.54) is 12.4 Å². The van der Waals surface area contributed by atoms with E-state index >= 15 is 0 Å². The highest BCUT2D eigenvalue weighted by Gasteiger charge is 2.05. The van der Waals surface area contributed by atoms with Crippen molar-refractivity contribution < 1.29 is 14.6 Å². The van der Waals surface area contributed by atoms with Crippen LogP contribution >= 0.6 is 0 Å². The lowest BCUT2D eigenvalue weighted by Gasteiger charge is -2.17. The predicted octanol–water partition coefficient (Wildman–Crippen LogP) is 0.895. The summed E-state index contributed by atoms with van der Waals surface area (Å²) >= 11 is 0. The van der Waals surface area contributed by atoms with Gasteiger partial charge in [0.1, 0.15) is 6.61 Å². The van der Waals surface area contributed by atoms with Crippen LogP contribution < -0.4 is 4.74 Å². The molecule has 1 heterocycles. The number of carboxylic acid groups (broad SMARTS) is 1. The van der Waals surface area contributed by atoms with Gasteiger partial charge < -0.3 is 14.7 Å². The van der Waals surface area contributed by atoms with Gasteiger partial charge in [-0.2, -0.15) is 0 Å². The Morgan fingerprint density at radius 1 is 1.35 bits per heavy atom. The van der Waals surface area contributed by atoms with Crippen molar-refractivity contribution in [1.82, 2.24) is 14.9 Å². The van der Waals surface area contributed by atoms with E-state index in [9.17, 15) is 4.79 Å². The van der Waals surface area contributed by atoms with Crippen LogP contribution in [0.15, 0.2) is 12.4 Å². The number of likely N-dealkylation sites (N-methyl/N-ethyl adjacent to an activating group) is 1. The maximum Gasteiger partial charge on any atom is 0.356 e. The maximum atomic E-state index is 10.5. The summed E-state index contributed by atoms with van der Waals surface area (Å²) < 4.78 is 5.37. The Hall–Kier alpha value is -1.69. The normalized spacial score (nSPS) is 10.5. The van der Waals surface area contributed by atoms with Crippen LogP contribution in [0.25, 0.3) is 0 Å². The Morgan fingerprint density at radius 3 is 2.53 bits per heavy atom. The Bertz CT molecular complexity index is 349. The molecule has 0 saturated carbocycles. The van der Waals surface area contributed by atoms with Gasteiger partial charge in [-0.3, -0.25) is 0 Å². The van der Waals surface area contributed by atoms with E-state index in [4.69, 9.17) is 9.84 Å². The molecule has 0 fully saturated rings. The van der Waals surface area contributed by atoms with Gasteiger partial charge in [-0.1, -0.05) is 13.8 Å². The Morgan fingerprint density at radius 2 is 2.06 bits per heavy atom. The number of hydrogen-bond donors (Lipinski definition) is 1. The van der Waals surface area contributed by atoms with Crippen molar-refractivity contribution in [3.63, 3.8) is 0 Å². The van der Waals surface area contributed by atoms with Crippen molar-refractivity contribution in [2.24, 2.45) is 0 Å². The zero-order chi connectivity index (χ0) is 12.7. The molecule has 0 unspecified atom stereocenters. The molecule has 0 atom stereocenters. The SMILES string of the molecule is CCN(CC)CCOc1cnc(C(=O)O)cn1. The number of aromatic nitrogens is 2. The molecule has 0 aliphatic heterocycles. The van der Waals surface area contributed by atoms with Crippen molar-refractivity contribution in [2.45, 2.75) is 13.8 Å². The van der Waals surface area contributed by atoms with Crippen molar-refractivity contribution >= 4 is 5.97 Å². The van der Waals surface area contributed by atoms with E-state index in [0.717, 1.165) is 19.6 Å². The molecule has 1 N–H and O–H groups in total. The Balaban J connectivity index is 2.39. The second-order valence-electron chi connectivity index (χ2n) is 3.42. The van der Waals surface area contributed by atoms with Crippen LogP contribution in [0.2, 0.25) is 0 Å². The van der Waals surface area contributed by atoms with Crippen LogP contribution in [-0.2, 0) is 0 Å². The zero-order valence-electron chi connectivity index (χ0n) is 10.1.